The van der Waals surface area contributed by atoms with Crippen LogP contribution in [0.15, 0.2) is 23.0 Å². The van der Waals surface area contributed by atoms with Crippen LogP contribution >= 0.6 is 11.3 Å². The highest BCUT2D eigenvalue weighted by Crippen LogP contribution is 2.30. The van der Waals surface area contributed by atoms with Gasteiger partial charge in [-0.15, -0.1) is 0 Å². The van der Waals surface area contributed by atoms with Crippen LogP contribution in [0, 0.1) is 6.92 Å². The maximum atomic E-state index is 12.0. The number of aliphatic carboxylic acids is 1. The van der Waals surface area contributed by atoms with Crippen LogP contribution in [0.1, 0.15) is 28.8 Å². The van der Waals surface area contributed by atoms with Crippen molar-refractivity contribution in [1.82, 2.24) is 4.57 Å². The summed E-state index contributed by atoms with van der Waals surface area (Å²) in [5.74, 6) is -0.992. The van der Waals surface area contributed by atoms with E-state index in [0.717, 1.165) is 40.3 Å². The van der Waals surface area contributed by atoms with Gasteiger partial charge in [0.15, 0.2) is 0 Å². The Kier molecular flexibility index (Phi) is 3.68. The Hall–Kier alpha value is -1.88. The van der Waals surface area contributed by atoms with Crippen molar-refractivity contribution in [1.29, 1.82) is 0 Å². The topological polar surface area (TPSA) is 59.3 Å². The van der Waals surface area contributed by atoms with Gasteiger partial charge in [0.1, 0.15) is 6.54 Å². The molecule has 4 nitrogen and oxygen atoms in total. The first-order valence-electron chi connectivity index (χ1n) is 7.10. The van der Waals surface area contributed by atoms with E-state index in [1.54, 1.807) is 0 Å². The molecule has 0 spiro atoms. The van der Waals surface area contributed by atoms with Gasteiger partial charge in [0, 0.05) is 4.88 Å². The highest BCUT2D eigenvalue weighted by atomic mass is 32.1. The Morgan fingerprint density at radius 3 is 2.71 bits per heavy atom. The summed E-state index contributed by atoms with van der Waals surface area (Å²) in [5.41, 5.74) is 4.41. The number of hydrogen-bond acceptors (Lipinski definition) is 3. The van der Waals surface area contributed by atoms with Crippen molar-refractivity contribution in [2.45, 2.75) is 39.2 Å². The minimum Gasteiger partial charge on any atom is -0.480 e. The molecule has 0 unspecified atom stereocenters. The maximum Gasteiger partial charge on any atom is 0.323 e. The Morgan fingerprint density at radius 2 is 2.00 bits per heavy atom. The van der Waals surface area contributed by atoms with E-state index in [-0.39, 0.29) is 11.4 Å². The molecule has 1 heterocycles. The van der Waals surface area contributed by atoms with Gasteiger partial charge in [0.2, 0.25) is 0 Å². The van der Waals surface area contributed by atoms with E-state index in [1.165, 1.54) is 28.5 Å². The molecule has 21 heavy (non-hydrogen) atoms. The SMILES string of the molecule is Cc1sc(=O)n(CC(=O)O)c1-c1ccc2c(c1)CCCC2. The minimum absolute atomic E-state index is 0.206. The summed E-state index contributed by atoms with van der Waals surface area (Å²) >= 11 is 1.11. The van der Waals surface area contributed by atoms with Crippen LogP contribution in [0.3, 0.4) is 0 Å². The van der Waals surface area contributed by atoms with E-state index >= 15 is 0 Å². The summed E-state index contributed by atoms with van der Waals surface area (Å²) in [7, 11) is 0. The number of aromatic nitrogens is 1. The van der Waals surface area contributed by atoms with Gasteiger partial charge >= 0.3 is 10.8 Å². The molecule has 3 rings (SSSR count). The molecular weight excluding hydrogens is 286 g/mol. The van der Waals surface area contributed by atoms with Crippen molar-refractivity contribution >= 4 is 17.3 Å². The molecule has 0 saturated heterocycles. The number of fused-ring (bicyclic) bond motifs is 1. The fourth-order valence-electron chi connectivity index (χ4n) is 3.03. The number of thiazole rings is 1. The van der Waals surface area contributed by atoms with Crippen molar-refractivity contribution < 1.29 is 9.90 Å². The predicted octanol–water partition coefficient (Wildman–Crippen LogP) is 2.85. The van der Waals surface area contributed by atoms with Gasteiger partial charge < -0.3 is 5.11 Å². The second kappa shape index (κ2) is 5.48. The third-order valence-electron chi connectivity index (χ3n) is 3.98. The van der Waals surface area contributed by atoms with E-state index in [0.29, 0.717) is 0 Å². The fourth-order valence-corrected chi connectivity index (χ4v) is 3.89. The van der Waals surface area contributed by atoms with Gasteiger partial charge in [-0.05, 0) is 55.4 Å². The number of rotatable bonds is 3. The van der Waals surface area contributed by atoms with Gasteiger partial charge in [0.05, 0.1) is 5.69 Å². The van der Waals surface area contributed by atoms with Crippen LogP contribution in [0.2, 0.25) is 0 Å². The molecule has 0 bridgehead atoms. The fraction of sp³-hybridized carbons (Fsp3) is 0.375. The molecule has 0 radical (unpaired) electrons. The number of carboxylic acids is 1. The third kappa shape index (κ3) is 2.65. The first kappa shape index (κ1) is 14.1. The molecule has 0 atom stereocenters. The largest absolute Gasteiger partial charge is 0.480 e. The van der Waals surface area contributed by atoms with E-state index < -0.39 is 5.97 Å². The molecule has 1 aliphatic rings. The highest BCUT2D eigenvalue weighted by molar-refractivity contribution is 7.09. The molecule has 0 fully saturated rings. The lowest BCUT2D eigenvalue weighted by Crippen LogP contribution is -2.20. The number of hydrogen-bond donors (Lipinski definition) is 1. The van der Waals surface area contributed by atoms with Crippen LogP contribution in [0.5, 0.6) is 0 Å². The molecular formula is C16H17NO3S. The number of benzene rings is 1. The minimum atomic E-state index is -0.992. The number of carboxylic acid groups (broad SMARTS) is 1. The predicted molar refractivity (Wildman–Crippen MR) is 83.0 cm³/mol. The average Bonchev–Trinajstić information content (AvgIpc) is 2.72. The number of aryl methyl sites for hydroxylation is 3. The molecule has 2 aromatic rings. The highest BCUT2D eigenvalue weighted by Gasteiger charge is 2.17. The van der Waals surface area contributed by atoms with E-state index in [2.05, 4.69) is 12.1 Å². The molecule has 0 saturated carbocycles. The van der Waals surface area contributed by atoms with Crippen molar-refractivity contribution in [3.05, 3.63) is 43.9 Å². The van der Waals surface area contributed by atoms with Crippen molar-refractivity contribution in [3.8, 4) is 11.3 Å². The first-order valence-corrected chi connectivity index (χ1v) is 7.92. The zero-order valence-corrected chi connectivity index (χ0v) is 12.7. The Labute approximate surface area is 126 Å². The molecule has 0 amide bonds. The quantitative estimate of drug-likeness (QED) is 0.948. The monoisotopic (exact) mass is 303 g/mol. The van der Waals surface area contributed by atoms with Gasteiger partial charge in [0.25, 0.3) is 0 Å². The van der Waals surface area contributed by atoms with E-state index in [4.69, 9.17) is 5.11 Å². The summed E-state index contributed by atoms with van der Waals surface area (Å²) in [4.78, 5) is 23.6. The second-order valence-electron chi connectivity index (χ2n) is 5.44. The number of nitrogens with zero attached hydrogens (tertiary/aromatic N) is 1. The van der Waals surface area contributed by atoms with Gasteiger partial charge in [-0.1, -0.05) is 23.5 Å². The Balaban J connectivity index is 2.12. The average molecular weight is 303 g/mol. The van der Waals surface area contributed by atoms with Crippen LogP contribution in [-0.2, 0) is 24.2 Å². The van der Waals surface area contributed by atoms with E-state index in [9.17, 15) is 9.59 Å². The summed E-state index contributed by atoms with van der Waals surface area (Å²) in [5, 5.41) is 9.01. The zero-order chi connectivity index (χ0) is 15.0. The number of carbonyl (C=O) groups is 1. The van der Waals surface area contributed by atoms with Gasteiger partial charge in [-0.3, -0.25) is 14.2 Å². The Bertz CT molecular complexity index is 757. The molecule has 1 aromatic heterocycles. The van der Waals surface area contributed by atoms with Crippen LogP contribution in [0.4, 0.5) is 0 Å². The maximum absolute atomic E-state index is 12.0. The van der Waals surface area contributed by atoms with Crippen molar-refractivity contribution in [2.24, 2.45) is 0 Å². The normalized spacial score (nSPS) is 14.0. The molecule has 1 aliphatic carbocycles. The first-order chi connectivity index (χ1) is 10.1. The Morgan fingerprint density at radius 1 is 1.29 bits per heavy atom. The van der Waals surface area contributed by atoms with Gasteiger partial charge in [-0.2, -0.15) is 0 Å². The lowest BCUT2D eigenvalue weighted by molar-refractivity contribution is -0.137. The standard InChI is InChI=1S/C16H17NO3S/c1-10-15(17(9-14(18)19)16(20)21-10)13-7-6-11-4-2-3-5-12(11)8-13/h6-8H,2-5,9H2,1H3,(H,18,19). The lowest BCUT2D eigenvalue weighted by atomic mass is 9.90. The molecule has 1 N–H and O–H groups in total. The van der Waals surface area contributed by atoms with Crippen LogP contribution in [-0.4, -0.2) is 15.6 Å². The molecule has 0 aliphatic heterocycles. The smallest absolute Gasteiger partial charge is 0.323 e. The summed E-state index contributed by atoms with van der Waals surface area (Å²) < 4.78 is 1.37. The summed E-state index contributed by atoms with van der Waals surface area (Å²) in [6.07, 6.45) is 4.60. The second-order valence-corrected chi connectivity index (χ2v) is 6.61. The molecule has 5 heteroatoms. The van der Waals surface area contributed by atoms with Gasteiger partial charge in [-0.25, -0.2) is 0 Å². The van der Waals surface area contributed by atoms with Crippen LogP contribution in [0.25, 0.3) is 11.3 Å². The van der Waals surface area contributed by atoms with Crippen molar-refractivity contribution in [2.75, 3.05) is 0 Å². The summed E-state index contributed by atoms with van der Waals surface area (Å²) in [6.45, 7) is 1.59. The van der Waals surface area contributed by atoms with Crippen molar-refractivity contribution in [3.63, 3.8) is 0 Å². The zero-order valence-electron chi connectivity index (χ0n) is 11.9. The van der Waals surface area contributed by atoms with E-state index in [1.807, 2.05) is 13.0 Å². The lowest BCUT2D eigenvalue weighted by Gasteiger charge is -2.17. The summed E-state index contributed by atoms with van der Waals surface area (Å²) in [6, 6.07) is 6.26. The van der Waals surface area contributed by atoms with Crippen LogP contribution < -0.4 is 4.87 Å². The molecule has 110 valence electrons. The third-order valence-corrected chi connectivity index (χ3v) is 4.87. The molecule has 1 aromatic carbocycles.